The van der Waals surface area contributed by atoms with Crippen LogP contribution in [0.2, 0.25) is 0 Å². The maximum Gasteiger partial charge on any atom is 0.255 e. The molecule has 1 aromatic heterocycles. The standard InChI is InChI=1S/C22H19N3O3/c1-15(26)17-6-3-9-20(12-17)25-22(28)19-8-2-7-18(11-19)21(27)24-14-16-5-4-10-23-13-16/h2-13H,14H2,1H3,(H,24,27)(H,25,28). The van der Waals surface area contributed by atoms with E-state index in [0.29, 0.717) is 28.9 Å². The molecule has 0 radical (unpaired) electrons. The van der Waals surface area contributed by atoms with Crippen molar-refractivity contribution in [2.75, 3.05) is 5.32 Å². The summed E-state index contributed by atoms with van der Waals surface area (Å²) in [6, 6.07) is 16.8. The zero-order valence-electron chi connectivity index (χ0n) is 15.3. The van der Waals surface area contributed by atoms with Crippen molar-refractivity contribution in [2.24, 2.45) is 0 Å². The Balaban J connectivity index is 1.68. The van der Waals surface area contributed by atoms with Crippen LogP contribution in [-0.4, -0.2) is 22.6 Å². The average molecular weight is 373 g/mol. The van der Waals surface area contributed by atoms with E-state index in [9.17, 15) is 14.4 Å². The van der Waals surface area contributed by atoms with E-state index >= 15 is 0 Å². The molecule has 0 spiro atoms. The first kappa shape index (κ1) is 19.0. The highest BCUT2D eigenvalue weighted by Gasteiger charge is 2.11. The fourth-order valence-corrected chi connectivity index (χ4v) is 2.61. The molecule has 3 rings (SSSR count). The van der Waals surface area contributed by atoms with Crippen molar-refractivity contribution < 1.29 is 14.4 Å². The van der Waals surface area contributed by atoms with Gasteiger partial charge in [-0.3, -0.25) is 19.4 Å². The molecule has 0 unspecified atom stereocenters. The molecule has 6 heteroatoms. The van der Waals surface area contributed by atoms with Crippen molar-refractivity contribution in [3.8, 4) is 0 Å². The van der Waals surface area contributed by atoms with Crippen molar-refractivity contribution in [1.82, 2.24) is 10.3 Å². The Morgan fingerprint density at radius 2 is 1.57 bits per heavy atom. The minimum absolute atomic E-state index is 0.0802. The van der Waals surface area contributed by atoms with Crippen molar-refractivity contribution >= 4 is 23.3 Å². The average Bonchev–Trinajstić information content (AvgIpc) is 2.73. The Bertz CT molecular complexity index is 1020. The quantitative estimate of drug-likeness (QED) is 0.648. The summed E-state index contributed by atoms with van der Waals surface area (Å²) in [6.45, 7) is 1.81. The number of Topliss-reactive ketones (excluding diaryl/α,β-unsaturated/α-hetero) is 1. The van der Waals surface area contributed by atoms with Gasteiger partial charge in [0.15, 0.2) is 5.78 Å². The normalized spacial score (nSPS) is 10.2. The Kier molecular flexibility index (Phi) is 5.91. The Labute approximate surface area is 162 Å². The smallest absolute Gasteiger partial charge is 0.255 e. The van der Waals surface area contributed by atoms with Gasteiger partial charge in [-0.15, -0.1) is 0 Å². The fourth-order valence-electron chi connectivity index (χ4n) is 2.61. The summed E-state index contributed by atoms with van der Waals surface area (Å²) in [5.74, 6) is -0.719. The van der Waals surface area contributed by atoms with Crippen LogP contribution in [0.15, 0.2) is 73.1 Å². The van der Waals surface area contributed by atoms with Crippen LogP contribution < -0.4 is 10.6 Å². The van der Waals surface area contributed by atoms with Crippen LogP contribution in [0.1, 0.15) is 43.6 Å². The maximum absolute atomic E-state index is 12.5. The Hall–Kier alpha value is -3.80. The number of amides is 2. The van der Waals surface area contributed by atoms with Crippen LogP contribution in [0.4, 0.5) is 5.69 Å². The van der Waals surface area contributed by atoms with Gasteiger partial charge >= 0.3 is 0 Å². The van der Waals surface area contributed by atoms with Gasteiger partial charge in [-0.2, -0.15) is 0 Å². The molecule has 2 aromatic carbocycles. The number of hydrogen-bond acceptors (Lipinski definition) is 4. The van der Waals surface area contributed by atoms with Crippen LogP contribution in [0.5, 0.6) is 0 Å². The first-order valence-corrected chi connectivity index (χ1v) is 8.72. The van der Waals surface area contributed by atoms with E-state index in [-0.39, 0.29) is 17.6 Å². The third-order valence-corrected chi connectivity index (χ3v) is 4.09. The number of aromatic nitrogens is 1. The predicted molar refractivity (Wildman–Crippen MR) is 106 cm³/mol. The van der Waals surface area contributed by atoms with Crippen LogP contribution >= 0.6 is 0 Å². The van der Waals surface area contributed by atoms with Gasteiger partial charge in [0.1, 0.15) is 0 Å². The summed E-state index contributed by atoms with van der Waals surface area (Å²) in [4.78, 5) is 40.4. The second kappa shape index (κ2) is 8.73. The monoisotopic (exact) mass is 373 g/mol. The predicted octanol–water partition coefficient (Wildman–Crippen LogP) is 3.47. The number of benzene rings is 2. The van der Waals surface area contributed by atoms with Crippen LogP contribution in [0, 0.1) is 0 Å². The Morgan fingerprint density at radius 3 is 2.29 bits per heavy atom. The molecule has 0 fully saturated rings. The lowest BCUT2D eigenvalue weighted by atomic mass is 10.1. The van der Waals surface area contributed by atoms with Gasteiger partial charge in [0.25, 0.3) is 11.8 Å². The number of pyridine rings is 1. The highest BCUT2D eigenvalue weighted by atomic mass is 16.2. The van der Waals surface area contributed by atoms with Crippen molar-refractivity contribution in [2.45, 2.75) is 13.5 Å². The highest BCUT2D eigenvalue weighted by Crippen LogP contribution is 2.14. The number of hydrogen-bond donors (Lipinski definition) is 2. The number of nitrogens with zero attached hydrogens (tertiary/aromatic N) is 1. The molecule has 3 aromatic rings. The maximum atomic E-state index is 12.5. The van der Waals surface area contributed by atoms with Gasteiger partial charge in [0, 0.05) is 41.3 Å². The number of carbonyl (C=O) groups is 3. The van der Waals surface area contributed by atoms with Gasteiger partial charge < -0.3 is 10.6 Å². The van der Waals surface area contributed by atoms with Gasteiger partial charge in [-0.25, -0.2) is 0 Å². The summed E-state index contributed by atoms with van der Waals surface area (Å²) in [5.41, 5.74) is 2.65. The number of anilines is 1. The van der Waals surface area contributed by atoms with E-state index in [1.165, 1.54) is 13.0 Å². The molecule has 28 heavy (non-hydrogen) atoms. The molecule has 0 aliphatic rings. The first-order chi connectivity index (χ1) is 13.5. The van der Waals surface area contributed by atoms with Crippen LogP contribution in [0.25, 0.3) is 0 Å². The molecule has 0 bridgehead atoms. The van der Waals surface area contributed by atoms with Crippen molar-refractivity contribution in [3.05, 3.63) is 95.3 Å². The molecular weight excluding hydrogens is 354 g/mol. The summed E-state index contributed by atoms with van der Waals surface area (Å²) in [7, 11) is 0. The zero-order chi connectivity index (χ0) is 19.9. The van der Waals surface area contributed by atoms with Crippen molar-refractivity contribution in [3.63, 3.8) is 0 Å². The van der Waals surface area contributed by atoms with Gasteiger partial charge in [0.05, 0.1) is 0 Å². The van der Waals surface area contributed by atoms with Crippen molar-refractivity contribution in [1.29, 1.82) is 0 Å². The van der Waals surface area contributed by atoms with Crippen LogP contribution in [0.3, 0.4) is 0 Å². The first-order valence-electron chi connectivity index (χ1n) is 8.72. The third kappa shape index (κ3) is 4.88. The van der Waals surface area contributed by atoms with E-state index in [1.54, 1.807) is 60.9 Å². The summed E-state index contributed by atoms with van der Waals surface area (Å²) < 4.78 is 0. The molecule has 0 atom stereocenters. The van der Waals surface area contributed by atoms with Gasteiger partial charge in [-0.05, 0) is 48.9 Å². The Morgan fingerprint density at radius 1 is 0.857 bits per heavy atom. The van der Waals surface area contributed by atoms with E-state index in [2.05, 4.69) is 15.6 Å². The van der Waals surface area contributed by atoms with E-state index in [0.717, 1.165) is 5.56 Å². The van der Waals surface area contributed by atoms with Gasteiger partial charge in [-0.1, -0.05) is 24.3 Å². The third-order valence-electron chi connectivity index (χ3n) is 4.09. The minimum atomic E-state index is -0.359. The lowest BCUT2D eigenvalue weighted by Gasteiger charge is -2.09. The second-order valence-corrected chi connectivity index (χ2v) is 6.22. The lowest BCUT2D eigenvalue weighted by molar-refractivity contribution is 0.0950. The molecule has 0 aliphatic carbocycles. The summed E-state index contributed by atoms with van der Waals surface area (Å²) in [5, 5.41) is 5.55. The second-order valence-electron chi connectivity index (χ2n) is 6.22. The number of ketones is 1. The van der Waals surface area contributed by atoms with Crippen LogP contribution in [-0.2, 0) is 6.54 Å². The molecule has 140 valence electrons. The SMILES string of the molecule is CC(=O)c1cccc(NC(=O)c2cccc(C(=O)NCc3cccnc3)c2)c1. The van der Waals surface area contributed by atoms with Gasteiger partial charge in [0.2, 0.25) is 0 Å². The molecule has 0 saturated heterocycles. The topological polar surface area (TPSA) is 88.2 Å². The molecule has 2 N–H and O–H groups in total. The minimum Gasteiger partial charge on any atom is -0.348 e. The van der Waals surface area contributed by atoms with E-state index in [1.807, 2.05) is 6.07 Å². The molecule has 6 nitrogen and oxygen atoms in total. The van der Waals surface area contributed by atoms with E-state index in [4.69, 9.17) is 0 Å². The number of rotatable bonds is 6. The number of carbonyl (C=O) groups excluding carboxylic acids is 3. The number of nitrogens with one attached hydrogen (secondary N) is 2. The molecule has 0 aliphatic heterocycles. The van der Waals surface area contributed by atoms with E-state index < -0.39 is 0 Å². The summed E-state index contributed by atoms with van der Waals surface area (Å²) >= 11 is 0. The molecule has 0 saturated carbocycles. The lowest BCUT2D eigenvalue weighted by Crippen LogP contribution is -2.23. The molecule has 2 amide bonds. The summed E-state index contributed by atoms with van der Waals surface area (Å²) in [6.07, 6.45) is 3.35. The molecule has 1 heterocycles. The zero-order valence-corrected chi connectivity index (χ0v) is 15.3. The largest absolute Gasteiger partial charge is 0.348 e. The molecular formula is C22H19N3O3. The fraction of sp³-hybridized carbons (Fsp3) is 0.0909. The highest BCUT2D eigenvalue weighted by molar-refractivity contribution is 6.06.